The molecule has 2 rings (SSSR count). The molecule has 3 nitrogen and oxygen atoms in total. The van der Waals surface area contributed by atoms with Gasteiger partial charge in [-0.1, -0.05) is 0 Å². The van der Waals surface area contributed by atoms with E-state index in [1.54, 1.807) is 0 Å². The maximum Gasteiger partial charge on any atom is 0.220 e. The molecule has 0 aromatic carbocycles. The van der Waals surface area contributed by atoms with Crippen LogP contribution >= 0.6 is 0 Å². The molecule has 0 aromatic heterocycles. The Morgan fingerprint density at radius 2 is 2.20 bits per heavy atom. The summed E-state index contributed by atoms with van der Waals surface area (Å²) in [6.45, 7) is 1.94. The van der Waals surface area contributed by atoms with Crippen LogP contribution in [0.15, 0.2) is 0 Å². The van der Waals surface area contributed by atoms with Crippen LogP contribution in [-0.4, -0.2) is 24.5 Å². The first-order chi connectivity index (χ1) is 4.81. The Morgan fingerprint density at radius 3 is 2.60 bits per heavy atom. The molecule has 2 aliphatic rings. The summed E-state index contributed by atoms with van der Waals surface area (Å²) in [6, 6.07) is 0. The van der Waals surface area contributed by atoms with Crippen LogP contribution in [0.1, 0.15) is 19.3 Å². The summed E-state index contributed by atoms with van der Waals surface area (Å²) in [5, 5.41) is 6.21. The molecule has 0 aromatic rings. The van der Waals surface area contributed by atoms with Gasteiger partial charge in [0, 0.05) is 19.5 Å². The van der Waals surface area contributed by atoms with E-state index in [1.165, 1.54) is 0 Å². The van der Waals surface area contributed by atoms with E-state index in [2.05, 4.69) is 10.6 Å². The maximum absolute atomic E-state index is 10.9. The molecule has 2 N–H and O–H groups in total. The van der Waals surface area contributed by atoms with Gasteiger partial charge in [-0.25, -0.2) is 0 Å². The summed E-state index contributed by atoms with van der Waals surface area (Å²) in [5.41, 5.74) is 0.162. The molecule has 2 heterocycles. The predicted molar refractivity (Wildman–Crippen MR) is 37.6 cm³/mol. The Hall–Kier alpha value is -0.570. The highest BCUT2D eigenvalue weighted by atomic mass is 16.1. The molecule has 2 fully saturated rings. The van der Waals surface area contributed by atoms with Crippen molar-refractivity contribution >= 4 is 5.91 Å². The largest absolute Gasteiger partial charge is 0.348 e. The fraction of sp³-hybridized carbons (Fsp3) is 0.857. The zero-order valence-electron chi connectivity index (χ0n) is 5.94. The minimum absolute atomic E-state index is 0.162. The van der Waals surface area contributed by atoms with Crippen LogP contribution < -0.4 is 10.6 Å². The smallest absolute Gasteiger partial charge is 0.220 e. The molecule has 2 aliphatic heterocycles. The second-order valence-electron chi connectivity index (χ2n) is 3.29. The molecule has 2 saturated heterocycles. The van der Waals surface area contributed by atoms with Crippen LogP contribution in [0.3, 0.4) is 0 Å². The van der Waals surface area contributed by atoms with Gasteiger partial charge in [-0.3, -0.25) is 4.79 Å². The molecule has 0 saturated carbocycles. The number of rotatable bonds is 0. The molecule has 0 aliphatic carbocycles. The normalized spacial score (nSPS) is 29.4. The van der Waals surface area contributed by atoms with Gasteiger partial charge in [0.1, 0.15) is 0 Å². The molecule has 56 valence electrons. The lowest BCUT2D eigenvalue weighted by atomic mass is 9.83. The van der Waals surface area contributed by atoms with E-state index in [0.717, 1.165) is 32.4 Å². The lowest BCUT2D eigenvalue weighted by molar-refractivity contribution is -0.126. The van der Waals surface area contributed by atoms with E-state index in [4.69, 9.17) is 0 Å². The van der Waals surface area contributed by atoms with Gasteiger partial charge in [-0.15, -0.1) is 0 Å². The molecule has 0 radical (unpaired) electrons. The number of carbonyl (C=O) groups is 1. The van der Waals surface area contributed by atoms with Crippen molar-refractivity contribution in [2.75, 3.05) is 13.1 Å². The lowest BCUT2D eigenvalue weighted by Crippen LogP contribution is -2.70. The summed E-state index contributed by atoms with van der Waals surface area (Å²) in [7, 11) is 0. The van der Waals surface area contributed by atoms with Crippen molar-refractivity contribution in [2.45, 2.75) is 24.8 Å². The Balaban J connectivity index is 2.02. The number of hydrogen-bond acceptors (Lipinski definition) is 2. The summed E-state index contributed by atoms with van der Waals surface area (Å²) in [5.74, 6) is 0.229. The fourth-order valence-corrected chi connectivity index (χ4v) is 1.70. The molecule has 0 atom stereocenters. The zero-order chi connectivity index (χ0) is 7.03. The van der Waals surface area contributed by atoms with E-state index >= 15 is 0 Å². The van der Waals surface area contributed by atoms with Gasteiger partial charge in [0.15, 0.2) is 0 Å². The Kier molecular flexibility index (Phi) is 1.20. The van der Waals surface area contributed by atoms with Gasteiger partial charge in [-0.05, 0) is 12.8 Å². The third-order valence-electron chi connectivity index (χ3n) is 2.39. The average molecular weight is 140 g/mol. The molecule has 1 amide bonds. The highest BCUT2D eigenvalue weighted by molar-refractivity contribution is 5.78. The van der Waals surface area contributed by atoms with Gasteiger partial charge >= 0.3 is 0 Å². The number of amides is 1. The molecule has 10 heavy (non-hydrogen) atoms. The van der Waals surface area contributed by atoms with Crippen LogP contribution in [-0.2, 0) is 4.79 Å². The third-order valence-corrected chi connectivity index (χ3v) is 2.39. The Morgan fingerprint density at radius 1 is 1.40 bits per heavy atom. The van der Waals surface area contributed by atoms with E-state index in [9.17, 15) is 4.79 Å². The second-order valence-corrected chi connectivity index (χ2v) is 3.29. The average Bonchev–Trinajstić information content (AvgIpc) is 1.85. The van der Waals surface area contributed by atoms with E-state index in [0.29, 0.717) is 0 Å². The summed E-state index contributed by atoms with van der Waals surface area (Å²) >= 11 is 0. The number of hydrogen-bond donors (Lipinski definition) is 2. The van der Waals surface area contributed by atoms with Crippen molar-refractivity contribution in [3.8, 4) is 0 Å². The second kappa shape index (κ2) is 1.95. The van der Waals surface area contributed by atoms with E-state index in [1.807, 2.05) is 0 Å². The van der Waals surface area contributed by atoms with Gasteiger partial charge < -0.3 is 10.6 Å². The first kappa shape index (κ1) is 6.16. The van der Waals surface area contributed by atoms with Crippen molar-refractivity contribution < 1.29 is 4.79 Å². The van der Waals surface area contributed by atoms with Gasteiger partial charge in [-0.2, -0.15) is 0 Å². The van der Waals surface area contributed by atoms with Gasteiger partial charge in [0.05, 0.1) is 5.54 Å². The SMILES string of the molecule is O=C1CCCC2(CNC2)N1. The number of piperidine rings is 1. The Bertz CT molecular complexity index is 163. The number of nitrogens with one attached hydrogen (secondary N) is 2. The quantitative estimate of drug-likeness (QED) is 0.482. The zero-order valence-corrected chi connectivity index (χ0v) is 5.94. The highest BCUT2D eigenvalue weighted by Gasteiger charge is 2.39. The minimum Gasteiger partial charge on any atom is -0.348 e. The van der Waals surface area contributed by atoms with E-state index < -0.39 is 0 Å². The molecule has 3 heteroatoms. The van der Waals surface area contributed by atoms with Crippen molar-refractivity contribution in [1.29, 1.82) is 0 Å². The van der Waals surface area contributed by atoms with Crippen molar-refractivity contribution in [2.24, 2.45) is 0 Å². The Labute approximate surface area is 60.2 Å². The van der Waals surface area contributed by atoms with Crippen molar-refractivity contribution in [3.05, 3.63) is 0 Å². The monoisotopic (exact) mass is 140 g/mol. The minimum atomic E-state index is 0.162. The maximum atomic E-state index is 10.9. The summed E-state index contributed by atoms with van der Waals surface area (Å²) in [4.78, 5) is 10.9. The number of carbonyl (C=O) groups excluding carboxylic acids is 1. The van der Waals surface area contributed by atoms with Crippen LogP contribution in [0, 0.1) is 0 Å². The van der Waals surface area contributed by atoms with Crippen molar-refractivity contribution in [3.63, 3.8) is 0 Å². The van der Waals surface area contributed by atoms with E-state index in [-0.39, 0.29) is 11.4 Å². The first-order valence-electron chi connectivity index (χ1n) is 3.83. The molecule has 0 unspecified atom stereocenters. The highest BCUT2D eigenvalue weighted by Crippen LogP contribution is 2.22. The van der Waals surface area contributed by atoms with Gasteiger partial charge in [0.25, 0.3) is 0 Å². The molecular formula is C7H12N2O. The molecular weight excluding hydrogens is 128 g/mol. The topological polar surface area (TPSA) is 41.1 Å². The molecule has 0 bridgehead atoms. The van der Waals surface area contributed by atoms with Crippen LogP contribution in [0.5, 0.6) is 0 Å². The van der Waals surface area contributed by atoms with Gasteiger partial charge in [0.2, 0.25) is 5.91 Å². The third kappa shape index (κ3) is 0.814. The molecule has 1 spiro atoms. The van der Waals surface area contributed by atoms with Crippen LogP contribution in [0.25, 0.3) is 0 Å². The van der Waals surface area contributed by atoms with Crippen molar-refractivity contribution in [1.82, 2.24) is 10.6 Å². The van der Waals surface area contributed by atoms with Crippen LogP contribution in [0.4, 0.5) is 0 Å². The summed E-state index contributed by atoms with van der Waals surface area (Å²) < 4.78 is 0. The fourth-order valence-electron chi connectivity index (χ4n) is 1.70. The van der Waals surface area contributed by atoms with Crippen LogP contribution in [0.2, 0.25) is 0 Å². The predicted octanol–water partition coefficient (Wildman–Crippen LogP) is -0.372. The summed E-state index contributed by atoms with van der Waals surface area (Å²) in [6.07, 6.45) is 2.95. The first-order valence-corrected chi connectivity index (χ1v) is 3.83. The lowest BCUT2D eigenvalue weighted by Gasteiger charge is -2.45. The standard InChI is InChI=1S/C7H12N2O/c10-6-2-1-3-7(9-6)4-8-5-7/h8H,1-5H2,(H,9,10).